The molecule has 1 aromatic rings. The van der Waals surface area contributed by atoms with Crippen LogP contribution in [0.25, 0.3) is 0 Å². The molecular formula is C22H27NO2. The van der Waals surface area contributed by atoms with Gasteiger partial charge in [-0.05, 0) is 63.8 Å². The molecule has 0 saturated heterocycles. The van der Waals surface area contributed by atoms with E-state index in [2.05, 4.69) is 11.4 Å². The molecule has 0 heterocycles. The Balaban J connectivity index is 2.01. The molecule has 0 spiro atoms. The lowest BCUT2D eigenvalue weighted by molar-refractivity contribution is -0.113. The molecule has 3 heteroatoms. The highest BCUT2D eigenvalue weighted by atomic mass is 16.5. The van der Waals surface area contributed by atoms with Gasteiger partial charge in [0.15, 0.2) is 5.78 Å². The number of carbonyl (C=O) groups excluding carboxylic acids is 1. The second kappa shape index (κ2) is 7.73. The summed E-state index contributed by atoms with van der Waals surface area (Å²) in [5.74, 6) is 1.50. The van der Waals surface area contributed by atoms with E-state index < -0.39 is 0 Å². The van der Waals surface area contributed by atoms with Crippen molar-refractivity contribution >= 4 is 11.5 Å². The lowest BCUT2D eigenvalue weighted by atomic mass is 9.83. The van der Waals surface area contributed by atoms with Crippen LogP contribution in [0.4, 0.5) is 5.69 Å². The standard InChI is InChI=1S/C22H27NO2/c1-4-25-21-14-20(18-12-8-9-13-19(18)21)22(16(3)24)15(2)23-17-10-6-5-7-11-17/h5-7,10-11,14,19,23H,4,8-9,12-13H2,1-3H3/b22-15+/t19-/m1/s1. The maximum atomic E-state index is 12.5. The number of anilines is 1. The number of carbonyl (C=O) groups is 1. The number of benzene rings is 1. The fraction of sp³-hybridized carbons (Fsp3) is 0.409. The molecule has 1 atom stereocenters. The molecular weight excluding hydrogens is 310 g/mol. The van der Waals surface area contributed by atoms with E-state index >= 15 is 0 Å². The monoisotopic (exact) mass is 337 g/mol. The van der Waals surface area contributed by atoms with E-state index in [1.807, 2.05) is 44.2 Å². The van der Waals surface area contributed by atoms with Gasteiger partial charge in [-0.15, -0.1) is 0 Å². The van der Waals surface area contributed by atoms with Gasteiger partial charge in [0, 0.05) is 22.9 Å². The zero-order valence-corrected chi connectivity index (χ0v) is 15.4. The van der Waals surface area contributed by atoms with Crippen LogP contribution in [-0.4, -0.2) is 12.4 Å². The fourth-order valence-corrected chi connectivity index (χ4v) is 3.98. The Kier molecular flexibility index (Phi) is 5.42. The third kappa shape index (κ3) is 3.71. The Labute approximate surface area is 150 Å². The third-order valence-corrected chi connectivity index (χ3v) is 5.00. The van der Waals surface area contributed by atoms with Gasteiger partial charge in [-0.25, -0.2) is 0 Å². The summed E-state index contributed by atoms with van der Waals surface area (Å²) in [5, 5.41) is 3.40. The summed E-state index contributed by atoms with van der Waals surface area (Å²) < 4.78 is 5.90. The second-order valence-electron chi connectivity index (χ2n) is 6.76. The van der Waals surface area contributed by atoms with Crippen LogP contribution < -0.4 is 5.32 Å². The van der Waals surface area contributed by atoms with Crippen molar-refractivity contribution in [2.45, 2.75) is 46.5 Å². The van der Waals surface area contributed by atoms with E-state index in [0.717, 1.165) is 41.1 Å². The van der Waals surface area contributed by atoms with Crippen molar-refractivity contribution in [3.8, 4) is 0 Å². The van der Waals surface area contributed by atoms with Gasteiger partial charge in [-0.1, -0.05) is 30.2 Å². The predicted molar refractivity (Wildman–Crippen MR) is 102 cm³/mol. The second-order valence-corrected chi connectivity index (χ2v) is 6.76. The van der Waals surface area contributed by atoms with Gasteiger partial charge in [0.25, 0.3) is 0 Å². The van der Waals surface area contributed by atoms with Crippen LogP contribution in [0.2, 0.25) is 0 Å². The van der Waals surface area contributed by atoms with Crippen molar-refractivity contribution in [2.75, 3.05) is 11.9 Å². The number of rotatable bonds is 6. The van der Waals surface area contributed by atoms with Gasteiger partial charge in [0.1, 0.15) is 5.76 Å². The van der Waals surface area contributed by atoms with Crippen molar-refractivity contribution in [1.82, 2.24) is 0 Å². The number of fused-ring (bicyclic) bond motifs is 1. The zero-order valence-electron chi connectivity index (χ0n) is 15.4. The fourth-order valence-electron chi connectivity index (χ4n) is 3.98. The Morgan fingerprint density at radius 3 is 2.64 bits per heavy atom. The van der Waals surface area contributed by atoms with Crippen molar-refractivity contribution in [2.24, 2.45) is 5.92 Å². The number of para-hydroxylation sites is 1. The van der Waals surface area contributed by atoms with Crippen molar-refractivity contribution in [1.29, 1.82) is 0 Å². The maximum absolute atomic E-state index is 12.5. The molecule has 1 aromatic carbocycles. The van der Waals surface area contributed by atoms with E-state index in [9.17, 15) is 4.79 Å². The Morgan fingerprint density at radius 1 is 1.20 bits per heavy atom. The summed E-state index contributed by atoms with van der Waals surface area (Å²) >= 11 is 0. The van der Waals surface area contributed by atoms with E-state index in [4.69, 9.17) is 4.74 Å². The molecule has 25 heavy (non-hydrogen) atoms. The number of ketones is 1. The van der Waals surface area contributed by atoms with Gasteiger partial charge in [-0.2, -0.15) is 0 Å². The van der Waals surface area contributed by atoms with Crippen molar-refractivity contribution < 1.29 is 9.53 Å². The van der Waals surface area contributed by atoms with E-state index in [1.54, 1.807) is 6.92 Å². The minimum Gasteiger partial charge on any atom is -0.498 e. The van der Waals surface area contributed by atoms with Crippen LogP contribution in [0.5, 0.6) is 0 Å². The summed E-state index contributed by atoms with van der Waals surface area (Å²) in [6, 6.07) is 9.99. The summed E-state index contributed by atoms with van der Waals surface area (Å²) in [6.45, 7) is 6.33. The Morgan fingerprint density at radius 2 is 1.96 bits per heavy atom. The lowest BCUT2D eigenvalue weighted by Crippen LogP contribution is -2.13. The minimum absolute atomic E-state index is 0.0988. The molecule has 0 aromatic heterocycles. The van der Waals surface area contributed by atoms with Crippen molar-refractivity contribution in [3.63, 3.8) is 0 Å². The first-order chi connectivity index (χ1) is 12.1. The van der Waals surface area contributed by atoms with Crippen LogP contribution in [0.1, 0.15) is 46.5 Å². The molecule has 0 bridgehead atoms. The van der Waals surface area contributed by atoms with Gasteiger partial charge in [0.2, 0.25) is 0 Å². The van der Waals surface area contributed by atoms with Crippen LogP contribution >= 0.6 is 0 Å². The third-order valence-electron chi connectivity index (χ3n) is 5.00. The van der Waals surface area contributed by atoms with Gasteiger partial charge >= 0.3 is 0 Å². The first-order valence-electron chi connectivity index (χ1n) is 9.23. The molecule has 1 fully saturated rings. The smallest absolute Gasteiger partial charge is 0.162 e. The average molecular weight is 337 g/mol. The zero-order chi connectivity index (χ0) is 17.8. The SMILES string of the molecule is CCOC1=CC(/C(C(C)=O)=C(\C)Nc2ccccc2)=C2CCCC[C@@H]12. The molecule has 3 rings (SSSR count). The molecule has 132 valence electrons. The molecule has 0 unspecified atom stereocenters. The average Bonchev–Trinajstić information content (AvgIpc) is 2.95. The van der Waals surface area contributed by atoms with E-state index in [1.165, 1.54) is 18.4 Å². The maximum Gasteiger partial charge on any atom is 0.162 e. The summed E-state index contributed by atoms with van der Waals surface area (Å²) in [5.41, 5.74) is 5.16. The first kappa shape index (κ1) is 17.5. The van der Waals surface area contributed by atoms with Crippen LogP contribution in [0.3, 0.4) is 0 Å². The van der Waals surface area contributed by atoms with E-state index in [-0.39, 0.29) is 5.78 Å². The summed E-state index contributed by atoms with van der Waals surface area (Å²) in [6.07, 6.45) is 6.72. The number of Topliss-reactive ketones (excluding diaryl/α,β-unsaturated/α-hetero) is 1. The summed E-state index contributed by atoms with van der Waals surface area (Å²) in [7, 11) is 0. The number of allylic oxidation sites excluding steroid dienone is 5. The normalized spacial score (nSPS) is 20.6. The number of hydrogen-bond acceptors (Lipinski definition) is 3. The lowest BCUT2D eigenvalue weighted by Gasteiger charge is -2.24. The molecule has 0 radical (unpaired) electrons. The van der Waals surface area contributed by atoms with Gasteiger partial charge < -0.3 is 10.1 Å². The van der Waals surface area contributed by atoms with E-state index in [0.29, 0.717) is 12.5 Å². The van der Waals surface area contributed by atoms with Crippen LogP contribution in [0, 0.1) is 5.92 Å². The van der Waals surface area contributed by atoms with Gasteiger partial charge in [0.05, 0.1) is 6.61 Å². The highest BCUT2D eigenvalue weighted by molar-refractivity contribution is 6.00. The highest BCUT2D eigenvalue weighted by Gasteiger charge is 2.33. The highest BCUT2D eigenvalue weighted by Crippen LogP contribution is 2.45. The molecule has 0 aliphatic heterocycles. The molecule has 0 amide bonds. The van der Waals surface area contributed by atoms with Crippen LogP contribution in [-0.2, 0) is 9.53 Å². The number of hydrogen-bond donors (Lipinski definition) is 1. The number of ether oxygens (including phenoxy) is 1. The van der Waals surface area contributed by atoms with Crippen molar-refractivity contribution in [3.05, 3.63) is 64.6 Å². The minimum atomic E-state index is 0.0988. The van der Waals surface area contributed by atoms with Crippen LogP contribution in [0.15, 0.2) is 64.6 Å². The van der Waals surface area contributed by atoms with Gasteiger partial charge in [-0.3, -0.25) is 4.79 Å². The topological polar surface area (TPSA) is 38.3 Å². The predicted octanol–water partition coefficient (Wildman–Crippen LogP) is 5.38. The molecule has 1 saturated carbocycles. The molecule has 3 nitrogen and oxygen atoms in total. The molecule has 1 N–H and O–H groups in total. The summed E-state index contributed by atoms with van der Waals surface area (Å²) in [4.78, 5) is 12.5. The quantitative estimate of drug-likeness (QED) is 0.708. The Bertz CT molecular complexity index is 741. The molecule has 2 aliphatic rings. The molecule has 2 aliphatic carbocycles. The first-order valence-corrected chi connectivity index (χ1v) is 9.23. The number of nitrogens with one attached hydrogen (secondary N) is 1. The largest absolute Gasteiger partial charge is 0.498 e. The Hall–Kier alpha value is -2.29.